The maximum Gasteiger partial charge on any atom is 0.107 e. The average Bonchev–Trinajstić information content (AvgIpc) is 2.27. The molecule has 3 N–H and O–H groups in total. The quantitative estimate of drug-likeness (QED) is 0.596. The summed E-state index contributed by atoms with van der Waals surface area (Å²) in [6, 6.07) is 5.94. The topological polar surface area (TPSA) is 41.3 Å². The van der Waals surface area contributed by atoms with Gasteiger partial charge in [-0.3, -0.25) is 0 Å². The maximum atomic E-state index is 5.74. The second-order valence-corrected chi connectivity index (χ2v) is 5.76. The molecule has 3 nitrogen and oxygen atoms in total. The SMILES string of the molecule is CN(C)CCCCNc1cccc(Br)c1C(N)=S. The maximum absolute atomic E-state index is 5.74. The molecule has 0 heterocycles. The lowest BCUT2D eigenvalue weighted by atomic mass is 10.1. The van der Waals surface area contributed by atoms with Crippen molar-refractivity contribution in [2.24, 2.45) is 5.73 Å². The summed E-state index contributed by atoms with van der Waals surface area (Å²) in [5.74, 6) is 0. The van der Waals surface area contributed by atoms with Crippen LogP contribution in [0.3, 0.4) is 0 Å². The van der Waals surface area contributed by atoms with Gasteiger partial charge < -0.3 is 16.0 Å². The molecule has 18 heavy (non-hydrogen) atoms. The Bertz CT molecular complexity index is 407. The zero-order valence-corrected chi connectivity index (χ0v) is 13.3. The molecule has 0 bridgehead atoms. The fraction of sp³-hybridized carbons (Fsp3) is 0.462. The molecule has 0 spiro atoms. The van der Waals surface area contributed by atoms with Crippen LogP contribution in [0.4, 0.5) is 5.69 Å². The third kappa shape index (κ3) is 4.92. The molecule has 0 radical (unpaired) electrons. The molecular formula is C13H20BrN3S. The van der Waals surface area contributed by atoms with Crippen molar-refractivity contribution in [1.29, 1.82) is 0 Å². The van der Waals surface area contributed by atoms with Gasteiger partial charge in [0.05, 0.1) is 0 Å². The zero-order valence-electron chi connectivity index (χ0n) is 10.9. The number of anilines is 1. The highest BCUT2D eigenvalue weighted by atomic mass is 79.9. The molecule has 1 aromatic rings. The predicted molar refractivity (Wildman–Crippen MR) is 86.3 cm³/mol. The van der Waals surface area contributed by atoms with E-state index in [0.717, 1.165) is 35.2 Å². The Hall–Kier alpha value is -0.650. The third-order valence-corrected chi connectivity index (χ3v) is 3.47. The first-order valence-corrected chi connectivity index (χ1v) is 7.19. The van der Waals surface area contributed by atoms with E-state index in [4.69, 9.17) is 18.0 Å². The molecule has 0 aliphatic carbocycles. The molecule has 0 unspecified atom stereocenters. The second-order valence-electron chi connectivity index (χ2n) is 4.46. The summed E-state index contributed by atoms with van der Waals surface area (Å²) in [6.45, 7) is 2.04. The van der Waals surface area contributed by atoms with Gasteiger partial charge in [0, 0.05) is 22.3 Å². The summed E-state index contributed by atoms with van der Waals surface area (Å²) in [5, 5.41) is 3.39. The van der Waals surface area contributed by atoms with Crippen molar-refractivity contribution in [3.05, 3.63) is 28.2 Å². The first kappa shape index (κ1) is 15.4. The average molecular weight is 330 g/mol. The summed E-state index contributed by atoms with van der Waals surface area (Å²) in [6.07, 6.45) is 2.30. The van der Waals surface area contributed by atoms with E-state index < -0.39 is 0 Å². The number of hydrogen-bond donors (Lipinski definition) is 2. The van der Waals surface area contributed by atoms with Crippen molar-refractivity contribution in [1.82, 2.24) is 4.90 Å². The fourth-order valence-electron chi connectivity index (χ4n) is 1.70. The summed E-state index contributed by atoms with van der Waals surface area (Å²) >= 11 is 8.55. The molecule has 0 aliphatic heterocycles. The van der Waals surface area contributed by atoms with Crippen LogP contribution in [0.5, 0.6) is 0 Å². The highest BCUT2D eigenvalue weighted by Gasteiger charge is 2.08. The van der Waals surface area contributed by atoms with Crippen LogP contribution in [0, 0.1) is 0 Å². The molecule has 0 saturated carbocycles. The third-order valence-electron chi connectivity index (χ3n) is 2.61. The zero-order chi connectivity index (χ0) is 13.5. The molecule has 100 valence electrons. The van der Waals surface area contributed by atoms with Gasteiger partial charge in [0.2, 0.25) is 0 Å². The Morgan fingerprint density at radius 2 is 2.11 bits per heavy atom. The number of nitrogens with zero attached hydrogens (tertiary/aromatic N) is 1. The minimum atomic E-state index is 0.415. The minimum Gasteiger partial charge on any atom is -0.389 e. The van der Waals surface area contributed by atoms with Crippen LogP contribution in [0.2, 0.25) is 0 Å². The monoisotopic (exact) mass is 329 g/mol. The Kier molecular flexibility index (Phi) is 6.60. The smallest absolute Gasteiger partial charge is 0.107 e. The van der Waals surface area contributed by atoms with E-state index in [0.29, 0.717) is 4.99 Å². The molecule has 0 aromatic heterocycles. The van der Waals surface area contributed by atoms with Gasteiger partial charge in [-0.25, -0.2) is 0 Å². The first-order chi connectivity index (χ1) is 8.52. The van der Waals surface area contributed by atoms with Crippen LogP contribution >= 0.6 is 28.1 Å². The van der Waals surface area contributed by atoms with Gasteiger partial charge in [0.25, 0.3) is 0 Å². The lowest BCUT2D eigenvalue weighted by molar-refractivity contribution is 0.396. The van der Waals surface area contributed by atoms with E-state index in [1.54, 1.807) is 0 Å². The van der Waals surface area contributed by atoms with E-state index in [2.05, 4.69) is 40.2 Å². The van der Waals surface area contributed by atoms with Crippen LogP contribution in [-0.2, 0) is 0 Å². The number of hydrogen-bond acceptors (Lipinski definition) is 3. The molecule has 0 saturated heterocycles. The van der Waals surface area contributed by atoms with Gasteiger partial charge in [-0.1, -0.05) is 18.3 Å². The largest absolute Gasteiger partial charge is 0.389 e. The number of rotatable bonds is 7. The van der Waals surface area contributed by atoms with Crippen molar-refractivity contribution >= 4 is 38.8 Å². The van der Waals surface area contributed by atoms with Crippen LogP contribution in [0.25, 0.3) is 0 Å². The lowest BCUT2D eigenvalue weighted by Crippen LogP contribution is -2.16. The summed E-state index contributed by atoms with van der Waals surface area (Å²) in [4.78, 5) is 2.61. The summed E-state index contributed by atoms with van der Waals surface area (Å²) in [5.41, 5.74) is 7.63. The van der Waals surface area contributed by atoms with Crippen molar-refractivity contribution in [3.63, 3.8) is 0 Å². The number of nitrogens with one attached hydrogen (secondary N) is 1. The van der Waals surface area contributed by atoms with Gasteiger partial charge in [-0.2, -0.15) is 0 Å². The van der Waals surface area contributed by atoms with Crippen molar-refractivity contribution in [2.75, 3.05) is 32.5 Å². The molecule has 0 fully saturated rings. The molecule has 1 rings (SSSR count). The molecule has 1 aromatic carbocycles. The number of halogens is 1. The normalized spacial score (nSPS) is 10.7. The number of benzene rings is 1. The molecule has 5 heteroatoms. The summed E-state index contributed by atoms with van der Waals surface area (Å²) < 4.78 is 0.938. The number of thiocarbonyl (C=S) groups is 1. The van der Waals surface area contributed by atoms with E-state index in [1.807, 2.05) is 18.2 Å². The Morgan fingerprint density at radius 1 is 1.39 bits per heavy atom. The van der Waals surface area contributed by atoms with Crippen LogP contribution in [0.1, 0.15) is 18.4 Å². The molecule has 0 aliphatic rings. The van der Waals surface area contributed by atoms with Crippen molar-refractivity contribution in [2.45, 2.75) is 12.8 Å². The first-order valence-electron chi connectivity index (χ1n) is 5.99. The second kappa shape index (κ2) is 7.71. The highest BCUT2D eigenvalue weighted by molar-refractivity contribution is 9.10. The summed E-state index contributed by atoms with van der Waals surface area (Å²) in [7, 11) is 4.18. The standard InChI is InChI=1S/C13H20BrN3S/c1-17(2)9-4-3-8-16-11-7-5-6-10(14)12(11)13(15)18/h5-7,16H,3-4,8-9H2,1-2H3,(H2,15,18). The van der Waals surface area contributed by atoms with Gasteiger partial charge >= 0.3 is 0 Å². The Balaban J connectivity index is 2.52. The van der Waals surface area contributed by atoms with E-state index >= 15 is 0 Å². The highest BCUT2D eigenvalue weighted by Crippen LogP contribution is 2.24. The Morgan fingerprint density at radius 3 is 2.72 bits per heavy atom. The van der Waals surface area contributed by atoms with Crippen molar-refractivity contribution < 1.29 is 0 Å². The number of unbranched alkanes of at least 4 members (excludes halogenated alkanes) is 1. The predicted octanol–water partition coefficient (Wildman–Crippen LogP) is 2.84. The lowest BCUT2D eigenvalue weighted by Gasteiger charge is -2.13. The minimum absolute atomic E-state index is 0.415. The number of nitrogens with two attached hydrogens (primary N) is 1. The fourth-order valence-corrected chi connectivity index (χ4v) is 2.63. The van der Waals surface area contributed by atoms with E-state index in [-0.39, 0.29) is 0 Å². The van der Waals surface area contributed by atoms with Gasteiger partial charge in [0.15, 0.2) is 0 Å². The Labute approximate surface area is 123 Å². The van der Waals surface area contributed by atoms with Gasteiger partial charge in [-0.05, 0) is 61.5 Å². The molecular weight excluding hydrogens is 310 g/mol. The van der Waals surface area contributed by atoms with Crippen LogP contribution in [0.15, 0.2) is 22.7 Å². The van der Waals surface area contributed by atoms with E-state index in [1.165, 1.54) is 6.42 Å². The van der Waals surface area contributed by atoms with Gasteiger partial charge in [-0.15, -0.1) is 0 Å². The van der Waals surface area contributed by atoms with Crippen LogP contribution < -0.4 is 11.1 Å². The molecule has 0 atom stereocenters. The van der Waals surface area contributed by atoms with E-state index in [9.17, 15) is 0 Å². The molecule has 0 amide bonds. The van der Waals surface area contributed by atoms with Gasteiger partial charge in [0.1, 0.15) is 4.99 Å². The van der Waals surface area contributed by atoms with Crippen LogP contribution in [-0.4, -0.2) is 37.1 Å². The van der Waals surface area contributed by atoms with Crippen molar-refractivity contribution in [3.8, 4) is 0 Å².